The summed E-state index contributed by atoms with van der Waals surface area (Å²) in [5, 5.41) is 10.7. The van der Waals surface area contributed by atoms with E-state index in [1.54, 1.807) is 11.6 Å². The van der Waals surface area contributed by atoms with Gasteiger partial charge in [-0.3, -0.25) is 4.79 Å². The molecule has 4 aromatic rings. The number of rotatable bonds is 2. The zero-order chi connectivity index (χ0) is 20.8. The third kappa shape index (κ3) is 2.86. The van der Waals surface area contributed by atoms with Crippen LogP contribution in [-0.4, -0.2) is 22.6 Å². The van der Waals surface area contributed by atoms with Crippen LogP contribution in [0.3, 0.4) is 0 Å². The van der Waals surface area contributed by atoms with Crippen LogP contribution >= 0.6 is 0 Å². The summed E-state index contributed by atoms with van der Waals surface area (Å²) in [5.74, 6) is 1.02. The Morgan fingerprint density at radius 3 is 2.70 bits per heavy atom. The molecule has 0 radical (unpaired) electrons. The number of oxazole rings is 1. The molecule has 6 heteroatoms. The van der Waals surface area contributed by atoms with E-state index in [9.17, 15) is 10.1 Å². The quantitative estimate of drug-likeness (QED) is 0.505. The Morgan fingerprint density at radius 1 is 1.17 bits per heavy atom. The topological polar surface area (TPSA) is 75.1 Å². The lowest BCUT2D eigenvalue weighted by molar-refractivity contribution is 0.407. The second-order valence-electron chi connectivity index (χ2n) is 8.00. The van der Waals surface area contributed by atoms with Crippen molar-refractivity contribution in [2.45, 2.75) is 25.7 Å². The fraction of sp³-hybridized carbons (Fsp3) is 0.292. The first-order valence-corrected chi connectivity index (χ1v) is 10.2. The SMILES string of the molecule is Cc1ccc2nc(C3CCN(c4c(C#N)c(=O)n(C)c5ccccc45)CC3)oc2c1. The van der Waals surface area contributed by atoms with Crippen molar-refractivity contribution in [2.24, 2.45) is 7.05 Å². The van der Waals surface area contributed by atoms with Gasteiger partial charge in [0, 0.05) is 31.4 Å². The van der Waals surface area contributed by atoms with E-state index in [1.165, 1.54) is 0 Å². The van der Waals surface area contributed by atoms with Gasteiger partial charge in [0.15, 0.2) is 11.5 Å². The zero-order valence-electron chi connectivity index (χ0n) is 17.1. The fourth-order valence-electron chi connectivity index (χ4n) is 4.48. The Hall–Kier alpha value is -3.59. The number of piperidine rings is 1. The average Bonchev–Trinajstić information content (AvgIpc) is 3.19. The van der Waals surface area contributed by atoms with Gasteiger partial charge in [0.25, 0.3) is 5.56 Å². The molecule has 0 atom stereocenters. The van der Waals surface area contributed by atoms with Crippen molar-refractivity contribution in [1.82, 2.24) is 9.55 Å². The van der Waals surface area contributed by atoms with Crippen molar-refractivity contribution in [2.75, 3.05) is 18.0 Å². The Balaban J connectivity index is 1.48. The number of fused-ring (bicyclic) bond motifs is 2. The Morgan fingerprint density at radius 2 is 1.93 bits per heavy atom. The summed E-state index contributed by atoms with van der Waals surface area (Å²) in [6.07, 6.45) is 1.72. The number of aromatic nitrogens is 2. The van der Waals surface area contributed by atoms with Gasteiger partial charge in [0.05, 0.1) is 11.2 Å². The van der Waals surface area contributed by atoms with E-state index in [0.717, 1.165) is 65.1 Å². The molecule has 0 spiro atoms. The molecule has 1 aliphatic rings. The third-order valence-electron chi connectivity index (χ3n) is 6.11. The molecule has 2 aromatic carbocycles. The van der Waals surface area contributed by atoms with Crippen LogP contribution in [-0.2, 0) is 7.05 Å². The van der Waals surface area contributed by atoms with E-state index < -0.39 is 0 Å². The summed E-state index contributed by atoms with van der Waals surface area (Å²) in [6, 6.07) is 16.0. The predicted octanol–water partition coefficient (Wildman–Crippen LogP) is 4.24. The van der Waals surface area contributed by atoms with E-state index in [-0.39, 0.29) is 17.0 Å². The van der Waals surface area contributed by atoms with E-state index >= 15 is 0 Å². The number of nitrogens with zero attached hydrogens (tertiary/aromatic N) is 4. The van der Waals surface area contributed by atoms with Crippen LogP contribution in [0.25, 0.3) is 22.0 Å². The van der Waals surface area contributed by atoms with Crippen LogP contribution < -0.4 is 10.5 Å². The molecule has 1 fully saturated rings. The number of nitriles is 1. The molecule has 6 nitrogen and oxygen atoms in total. The minimum absolute atomic E-state index is 0.215. The molecule has 2 aromatic heterocycles. The fourth-order valence-corrected chi connectivity index (χ4v) is 4.48. The molecule has 0 unspecified atom stereocenters. The zero-order valence-corrected chi connectivity index (χ0v) is 17.1. The smallest absolute Gasteiger partial charge is 0.270 e. The van der Waals surface area contributed by atoms with Gasteiger partial charge in [0.2, 0.25) is 0 Å². The van der Waals surface area contributed by atoms with Crippen molar-refractivity contribution in [1.29, 1.82) is 5.26 Å². The Kier molecular flexibility index (Phi) is 4.32. The minimum Gasteiger partial charge on any atom is -0.440 e. The summed E-state index contributed by atoms with van der Waals surface area (Å²) in [7, 11) is 1.72. The summed E-state index contributed by atoms with van der Waals surface area (Å²) in [4.78, 5) is 19.6. The molecule has 1 saturated heterocycles. The normalized spacial score (nSPS) is 15.0. The molecule has 0 amide bonds. The highest BCUT2D eigenvalue weighted by molar-refractivity contribution is 5.95. The van der Waals surface area contributed by atoms with Crippen LogP contribution in [0.5, 0.6) is 0 Å². The van der Waals surface area contributed by atoms with E-state index in [1.807, 2.05) is 49.4 Å². The number of anilines is 1. The summed E-state index contributed by atoms with van der Waals surface area (Å²) >= 11 is 0. The highest BCUT2D eigenvalue weighted by Crippen LogP contribution is 2.35. The van der Waals surface area contributed by atoms with Gasteiger partial charge in [-0.2, -0.15) is 5.26 Å². The largest absolute Gasteiger partial charge is 0.440 e. The number of hydrogen-bond acceptors (Lipinski definition) is 5. The molecule has 0 saturated carbocycles. The molecule has 30 heavy (non-hydrogen) atoms. The average molecular weight is 398 g/mol. The second kappa shape index (κ2) is 7.03. The first-order chi connectivity index (χ1) is 14.6. The van der Waals surface area contributed by atoms with Gasteiger partial charge < -0.3 is 13.9 Å². The highest BCUT2D eigenvalue weighted by atomic mass is 16.3. The molecule has 3 heterocycles. The van der Waals surface area contributed by atoms with Gasteiger partial charge in [-0.05, 0) is 43.5 Å². The number of aryl methyl sites for hydroxylation is 2. The maximum Gasteiger partial charge on any atom is 0.270 e. The van der Waals surface area contributed by atoms with Crippen LogP contribution in [0.15, 0.2) is 51.7 Å². The van der Waals surface area contributed by atoms with Crippen molar-refractivity contribution < 1.29 is 4.42 Å². The van der Waals surface area contributed by atoms with E-state index in [0.29, 0.717) is 0 Å². The van der Waals surface area contributed by atoms with Crippen molar-refractivity contribution in [3.63, 3.8) is 0 Å². The van der Waals surface area contributed by atoms with Crippen LogP contribution in [0.1, 0.15) is 35.8 Å². The van der Waals surface area contributed by atoms with Crippen LogP contribution in [0.4, 0.5) is 5.69 Å². The molecular weight excluding hydrogens is 376 g/mol. The third-order valence-corrected chi connectivity index (χ3v) is 6.11. The molecule has 0 aliphatic carbocycles. The highest BCUT2D eigenvalue weighted by Gasteiger charge is 2.28. The van der Waals surface area contributed by atoms with Crippen LogP contribution in [0.2, 0.25) is 0 Å². The molecule has 0 N–H and O–H groups in total. The lowest BCUT2D eigenvalue weighted by Gasteiger charge is -2.33. The standard InChI is InChI=1S/C24H22N4O2/c1-15-7-8-19-21(13-15)30-23(26-19)16-9-11-28(12-10-16)22-17-5-3-4-6-20(17)27(2)24(29)18(22)14-25/h3-8,13,16H,9-12H2,1-2H3. The van der Waals surface area contributed by atoms with Gasteiger partial charge in [-0.1, -0.05) is 24.3 Å². The number of pyridine rings is 1. The summed E-state index contributed by atoms with van der Waals surface area (Å²) in [6.45, 7) is 3.53. The monoisotopic (exact) mass is 398 g/mol. The number of benzene rings is 2. The van der Waals surface area contributed by atoms with E-state index in [4.69, 9.17) is 9.40 Å². The second-order valence-corrected chi connectivity index (χ2v) is 8.00. The first kappa shape index (κ1) is 18.4. The number of para-hydroxylation sites is 1. The first-order valence-electron chi connectivity index (χ1n) is 10.2. The summed E-state index contributed by atoms with van der Waals surface area (Å²) < 4.78 is 7.60. The van der Waals surface area contributed by atoms with Crippen molar-refractivity contribution >= 4 is 27.7 Å². The van der Waals surface area contributed by atoms with Crippen molar-refractivity contribution in [3.8, 4) is 6.07 Å². The van der Waals surface area contributed by atoms with Gasteiger partial charge in [-0.25, -0.2) is 4.98 Å². The molecule has 5 rings (SSSR count). The van der Waals surface area contributed by atoms with E-state index in [2.05, 4.69) is 11.0 Å². The predicted molar refractivity (Wildman–Crippen MR) is 117 cm³/mol. The van der Waals surface area contributed by atoms with Crippen LogP contribution in [0, 0.1) is 18.3 Å². The minimum atomic E-state index is -0.248. The maximum atomic E-state index is 12.8. The Labute approximate surface area is 174 Å². The Bertz CT molecular complexity index is 1370. The van der Waals surface area contributed by atoms with Crippen molar-refractivity contribution in [3.05, 3.63) is 69.8 Å². The number of hydrogen-bond donors (Lipinski definition) is 0. The summed E-state index contributed by atoms with van der Waals surface area (Å²) in [5.41, 5.74) is 4.44. The maximum absolute atomic E-state index is 12.8. The molecule has 1 aliphatic heterocycles. The molecule has 0 bridgehead atoms. The van der Waals surface area contributed by atoms with Gasteiger partial charge in [-0.15, -0.1) is 0 Å². The lowest BCUT2D eigenvalue weighted by atomic mass is 9.95. The van der Waals surface area contributed by atoms with Gasteiger partial charge >= 0.3 is 0 Å². The van der Waals surface area contributed by atoms with Gasteiger partial charge in [0.1, 0.15) is 17.1 Å². The lowest BCUT2D eigenvalue weighted by Crippen LogP contribution is -2.35. The molecule has 150 valence electrons. The molecular formula is C24H22N4O2.